The number of carbonyl (C=O) groups is 5. The maximum atomic E-state index is 12.6. The third-order valence-corrected chi connectivity index (χ3v) is 8.37. The lowest BCUT2D eigenvalue weighted by Crippen LogP contribution is -2.27. The number of fused-ring (bicyclic) bond motifs is 3. The van der Waals surface area contributed by atoms with E-state index in [2.05, 4.69) is 26.6 Å². The summed E-state index contributed by atoms with van der Waals surface area (Å²) < 4.78 is 21.0. The minimum absolute atomic E-state index is 0.0546. The van der Waals surface area contributed by atoms with Gasteiger partial charge in [-0.25, -0.2) is 4.79 Å². The first kappa shape index (κ1) is 46.6. The van der Waals surface area contributed by atoms with Crippen molar-refractivity contribution in [3.8, 4) is 11.1 Å². The van der Waals surface area contributed by atoms with Crippen molar-refractivity contribution in [3.05, 3.63) is 47.5 Å². The number of methoxy groups -OCH3 is 1. The standard InChI is InChI=1S/C31H42N4O7.C9H19NO3/c1-4-7-29(37)34-21-10-12-23-24-13-11-22(19-26(24)27(25(23)18-21)20-42-31(39)32-2)35-30(38)9-5-8-28(36)33-14-17-41-16-6-15-40-3;1-2-9(12)10-5-8-13-7-4-3-6-11/h10-13,18-19,27H,4-9,14-17,20H2,1-3H3,(H,32,39)(H,33,36)(H,34,37)(H,35,38);11H,2-8H2,1H3,(H,10,12). The number of aliphatic hydroxyl groups excluding tert-OH is 1. The highest BCUT2D eigenvalue weighted by Crippen LogP contribution is 2.47. The highest BCUT2D eigenvalue weighted by Gasteiger charge is 2.30. The van der Waals surface area contributed by atoms with E-state index in [9.17, 15) is 24.0 Å². The summed E-state index contributed by atoms with van der Waals surface area (Å²) in [5.74, 6) is -0.600. The fourth-order valence-corrected chi connectivity index (χ4v) is 5.57. The van der Waals surface area contributed by atoms with Gasteiger partial charge in [-0.05, 0) is 78.6 Å². The van der Waals surface area contributed by atoms with Gasteiger partial charge < -0.3 is 50.6 Å². The second-order valence-electron chi connectivity index (χ2n) is 12.8. The number of hydrogen-bond donors (Lipinski definition) is 6. The van der Waals surface area contributed by atoms with Gasteiger partial charge in [0.1, 0.15) is 6.61 Å². The normalized spacial score (nSPS) is 12.3. The molecule has 1 aliphatic rings. The molecule has 0 bridgehead atoms. The zero-order valence-corrected chi connectivity index (χ0v) is 32.9. The molecule has 1 atom stereocenters. The molecule has 2 aromatic carbocycles. The molecule has 1 aliphatic carbocycles. The van der Waals surface area contributed by atoms with Crippen molar-refractivity contribution in [3.63, 3.8) is 0 Å². The number of alkyl carbamates (subject to hydrolysis) is 1. The average molecular weight is 772 g/mol. The number of nitrogens with one attached hydrogen (secondary N) is 5. The second-order valence-corrected chi connectivity index (χ2v) is 12.8. The summed E-state index contributed by atoms with van der Waals surface area (Å²) in [5.41, 5.74) is 5.08. The number of benzene rings is 2. The lowest BCUT2D eigenvalue weighted by molar-refractivity contribution is -0.122. The number of amides is 5. The number of unbranched alkanes of at least 4 members (excludes halogenated alkanes) is 1. The smallest absolute Gasteiger partial charge is 0.406 e. The van der Waals surface area contributed by atoms with E-state index in [1.54, 1.807) is 7.11 Å². The van der Waals surface area contributed by atoms with E-state index in [-0.39, 0.29) is 55.6 Å². The zero-order chi connectivity index (χ0) is 40.3. The van der Waals surface area contributed by atoms with Crippen LogP contribution in [0.5, 0.6) is 0 Å². The Balaban J connectivity index is 0.000000685. The summed E-state index contributed by atoms with van der Waals surface area (Å²) in [6, 6.07) is 11.4. The fourth-order valence-electron chi connectivity index (χ4n) is 5.57. The van der Waals surface area contributed by atoms with Crippen molar-refractivity contribution in [2.24, 2.45) is 0 Å². The molecule has 5 amide bonds. The number of hydrogen-bond acceptors (Lipinski definition) is 10. The Hall–Kier alpha value is -4.57. The van der Waals surface area contributed by atoms with Gasteiger partial charge >= 0.3 is 6.09 Å². The molecule has 15 nitrogen and oxygen atoms in total. The predicted molar refractivity (Wildman–Crippen MR) is 211 cm³/mol. The van der Waals surface area contributed by atoms with Gasteiger partial charge in [-0.15, -0.1) is 0 Å². The van der Waals surface area contributed by atoms with E-state index in [0.717, 1.165) is 47.9 Å². The molecule has 3 rings (SSSR count). The largest absolute Gasteiger partial charge is 0.449 e. The molecule has 0 aromatic heterocycles. The molecule has 55 heavy (non-hydrogen) atoms. The minimum atomic E-state index is -0.541. The maximum absolute atomic E-state index is 12.6. The van der Waals surface area contributed by atoms with Crippen molar-refractivity contribution in [1.29, 1.82) is 0 Å². The van der Waals surface area contributed by atoms with Gasteiger partial charge in [-0.3, -0.25) is 19.2 Å². The van der Waals surface area contributed by atoms with Crippen molar-refractivity contribution in [1.82, 2.24) is 16.0 Å². The summed E-state index contributed by atoms with van der Waals surface area (Å²) >= 11 is 0. The first-order valence-corrected chi connectivity index (χ1v) is 19.2. The van der Waals surface area contributed by atoms with Crippen LogP contribution in [0.4, 0.5) is 16.2 Å². The summed E-state index contributed by atoms with van der Waals surface area (Å²) in [6.45, 7) is 7.94. The Morgan fingerprint density at radius 3 is 1.78 bits per heavy atom. The molecule has 1 unspecified atom stereocenters. The molecule has 306 valence electrons. The topological polar surface area (TPSA) is 203 Å². The van der Waals surface area contributed by atoms with E-state index in [4.69, 9.17) is 24.1 Å². The Morgan fingerprint density at radius 2 is 1.24 bits per heavy atom. The van der Waals surface area contributed by atoms with Crippen LogP contribution in [0.2, 0.25) is 0 Å². The summed E-state index contributed by atoms with van der Waals surface area (Å²) in [7, 11) is 3.14. The van der Waals surface area contributed by atoms with E-state index in [1.807, 2.05) is 50.2 Å². The molecular formula is C40H61N5O10. The lowest BCUT2D eigenvalue weighted by Gasteiger charge is -2.16. The van der Waals surface area contributed by atoms with Crippen molar-refractivity contribution >= 4 is 41.1 Å². The van der Waals surface area contributed by atoms with Gasteiger partial charge in [-0.2, -0.15) is 0 Å². The summed E-state index contributed by atoms with van der Waals surface area (Å²) in [6.07, 6.45) is 4.47. The van der Waals surface area contributed by atoms with Gasteiger partial charge in [0.05, 0.1) is 13.2 Å². The van der Waals surface area contributed by atoms with Crippen LogP contribution in [0.25, 0.3) is 11.1 Å². The predicted octanol–water partition coefficient (Wildman–Crippen LogP) is 4.47. The van der Waals surface area contributed by atoms with Gasteiger partial charge in [0, 0.05) is 96.7 Å². The third kappa shape index (κ3) is 18.5. The van der Waals surface area contributed by atoms with Gasteiger partial charge in [0.25, 0.3) is 0 Å². The number of rotatable bonds is 25. The van der Waals surface area contributed by atoms with Gasteiger partial charge in [0.15, 0.2) is 0 Å². The zero-order valence-electron chi connectivity index (χ0n) is 32.9. The Labute approximate surface area is 325 Å². The van der Waals surface area contributed by atoms with E-state index in [1.165, 1.54) is 7.05 Å². The number of ether oxygens (including phenoxy) is 4. The van der Waals surface area contributed by atoms with Crippen LogP contribution in [0.3, 0.4) is 0 Å². The van der Waals surface area contributed by atoms with Crippen molar-refractivity contribution in [2.45, 2.75) is 77.6 Å². The molecule has 0 aliphatic heterocycles. The van der Waals surface area contributed by atoms with E-state index >= 15 is 0 Å². The summed E-state index contributed by atoms with van der Waals surface area (Å²) in [5, 5.41) is 22.3. The van der Waals surface area contributed by atoms with Crippen LogP contribution in [0.15, 0.2) is 36.4 Å². The second kappa shape index (κ2) is 27.9. The Kier molecular flexibility index (Phi) is 23.7. The SMILES string of the molecule is CCC(=O)NCCOCCCCO.CCCC(=O)Nc1ccc2c(c1)C(COC(=O)NC)c1cc(NC(=O)CCCC(=O)NCCOCCCOC)ccc1-2. The minimum Gasteiger partial charge on any atom is -0.449 e. The van der Waals surface area contributed by atoms with Gasteiger partial charge in [0.2, 0.25) is 23.6 Å². The number of anilines is 2. The van der Waals surface area contributed by atoms with Crippen molar-refractivity contribution in [2.75, 3.05) is 84.1 Å². The highest BCUT2D eigenvalue weighted by atomic mass is 16.5. The number of carbonyl (C=O) groups excluding carboxylic acids is 5. The molecule has 6 N–H and O–H groups in total. The van der Waals surface area contributed by atoms with Crippen LogP contribution in [0.1, 0.15) is 88.7 Å². The van der Waals surface area contributed by atoms with Crippen LogP contribution >= 0.6 is 0 Å². The van der Waals surface area contributed by atoms with E-state index < -0.39 is 6.09 Å². The summed E-state index contributed by atoms with van der Waals surface area (Å²) in [4.78, 5) is 59.5. The molecule has 0 heterocycles. The quantitative estimate of drug-likeness (QED) is 0.0782. The third-order valence-electron chi connectivity index (χ3n) is 8.37. The average Bonchev–Trinajstić information content (AvgIpc) is 3.48. The molecule has 15 heteroatoms. The first-order valence-electron chi connectivity index (χ1n) is 19.2. The molecule has 0 saturated carbocycles. The molecule has 0 radical (unpaired) electrons. The molecule has 2 aromatic rings. The van der Waals surface area contributed by atoms with Crippen LogP contribution in [-0.4, -0.2) is 108 Å². The fraction of sp³-hybridized carbons (Fsp3) is 0.575. The van der Waals surface area contributed by atoms with Crippen LogP contribution in [-0.2, 0) is 38.1 Å². The van der Waals surface area contributed by atoms with Crippen LogP contribution < -0.4 is 26.6 Å². The highest BCUT2D eigenvalue weighted by molar-refractivity contribution is 5.94. The van der Waals surface area contributed by atoms with Gasteiger partial charge in [-0.1, -0.05) is 26.0 Å². The molecule has 0 spiro atoms. The van der Waals surface area contributed by atoms with Crippen molar-refractivity contribution < 1.29 is 48.0 Å². The lowest BCUT2D eigenvalue weighted by atomic mass is 9.97. The molecule has 0 fully saturated rings. The van der Waals surface area contributed by atoms with Crippen LogP contribution in [0, 0.1) is 0 Å². The maximum Gasteiger partial charge on any atom is 0.406 e. The van der Waals surface area contributed by atoms with E-state index in [0.29, 0.717) is 76.8 Å². The Bertz CT molecular complexity index is 1490. The monoisotopic (exact) mass is 771 g/mol. The molecule has 0 saturated heterocycles. The first-order chi connectivity index (χ1) is 26.7. The molecular weight excluding hydrogens is 710 g/mol. The number of aliphatic hydroxyl groups is 1. The Morgan fingerprint density at radius 1 is 0.673 bits per heavy atom.